The van der Waals surface area contributed by atoms with E-state index in [1.165, 1.54) is 38.4 Å². The summed E-state index contributed by atoms with van der Waals surface area (Å²) in [5.41, 5.74) is 0.531. The molecule has 2 aromatic rings. The molecule has 0 unspecified atom stereocenters. The molecule has 0 bridgehead atoms. The highest BCUT2D eigenvalue weighted by Gasteiger charge is 2.36. The average Bonchev–Trinajstić information content (AvgIpc) is 3.04. The highest BCUT2D eigenvalue weighted by molar-refractivity contribution is 5.98. The molecule has 1 amide bonds. The van der Waals surface area contributed by atoms with Crippen LogP contribution in [0, 0.1) is 11.7 Å². The van der Waals surface area contributed by atoms with Crippen molar-refractivity contribution in [2.75, 3.05) is 33.7 Å². The van der Waals surface area contributed by atoms with Gasteiger partial charge >= 0.3 is 11.9 Å². The molecule has 1 fully saturated rings. The van der Waals surface area contributed by atoms with E-state index in [-0.39, 0.29) is 36.1 Å². The van der Waals surface area contributed by atoms with Gasteiger partial charge in [0.25, 0.3) is 12.3 Å². The summed E-state index contributed by atoms with van der Waals surface area (Å²) in [4.78, 5) is 42.4. The minimum atomic E-state index is -2.73. The fourth-order valence-corrected chi connectivity index (χ4v) is 4.81. The number of nitrogens with zero attached hydrogens (tertiary/aromatic N) is 1. The number of halogens is 3. The molecule has 1 aliphatic heterocycles. The van der Waals surface area contributed by atoms with Gasteiger partial charge in [-0.1, -0.05) is 18.6 Å². The number of carbonyl (C=O) groups excluding carboxylic acids is 3. The van der Waals surface area contributed by atoms with Gasteiger partial charge in [-0.05, 0) is 56.7 Å². The Labute approximate surface area is 253 Å². The third kappa shape index (κ3) is 10.4. The zero-order valence-electron chi connectivity index (χ0n) is 24.8. The number of benzene rings is 1. The highest BCUT2D eigenvalue weighted by atomic mass is 19.3. The van der Waals surface area contributed by atoms with Crippen molar-refractivity contribution in [2.24, 2.45) is 5.92 Å². The minimum absolute atomic E-state index is 0.124. The Bertz CT molecular complexity index is 1230. The van der Waals surface area contributed by atoms with Crippen LogP contribution in [0.2, 0.25) is 0 Å². The molecule has 1 saturated heterocycles. The number of ether oxygens (including phenoxy) is 6. The number of pyridine rings is 1. The van der Waals surface area contributed by atoms with E-state index in [2.05, 4.69) is 10.3 Å². The summed E-state index contributed by atoms with van der Waals surface area (Å²) in [5, 5.41) is 2.61. The third-order valence-electron chi connectivity index (χ3n) is 6.86. The Hall–Kier alpha value is -3.91. The van der Waals surface area contributed by atoms with E-state index in [0.29, 0.717) is 25.9 Å². The normalized spacial score (nSPS) is 20.6. The van der Waals surface area contributed by atoms with E-state index in [4.69, 9.17) is 28.4 Å². The lowest BCUT2D eigenvalue weighted by atomic mass is 9.87. The number of amides is 1. The maximum Gasteiger partial charge on any atom is 0.334 e. The average molecular weight is 627 g/mol. The van der Waals surface area contributed by atoms with E-state index >= 15 is 0 Å². The van der Waals surface area contributed by atoms with Crippen molar-refractivity contribution in [3.05, 3.63) is 53.6 Å². The molecule has 44 heavy (non-hydrogen) atoms. The number of methoxy groups -OCH3 is 1. The summed E-state index contributed by atoms with van der Waals surface area (Å²) in [6.07, 6.45) is -1.87. The highest BCUT2D eigenvalue weighted by Crippen LogP contribution is 2.31. The molecule has 1 aromatic carbocycles. The first-order valence-corrected chi connectivity index (χ1v) is 14.2. The van der Waals surface area contributed by atoms with Crippen molar-refractivity contribution in [2.45, 2.75) is 64.2 Å². The van der Waals surface area contributed by atoms with Crippen molar-refractivity contribution in [1.29, 1.82) is 0 Å². The van der Waals surface area contributed by atoms with E-state index in [1.807, 2.05) is 0 Å². The Kier molecular flexibility index (Phi) is 13.7. The SMILES string of the molecule is CCOCC(=O)OCOc1c(OC)ccnc1C(=O)N[C@H]1CCC[C@H](Cc2ccc(F)cc2)[C@@H](OCC(F)F)[C@H](C)OC1=O. The van der Waals surface area contributed by atoms with Crippen LogP contribution in [0.1, 0.15) is 49.2 Å². The first-order chi connectivity index (χ1) is 21.1. The van der Waals surface area contributed by atoms with Gasteiger partial charge in [-0.3, -0.25) is 4.79 Å². The van der Waals surface area contributed by atoms with Gasteiger partial charge in [0, 0.05) is 18.9 Å². The van der Waals surface area contributed by atoms with E-state index in [1.54, 1.807) is 19.1 Å². The maximum absolute atomic E-state index is 13.5. The number of hydrogen-bond acceptors (Lipinski definition) is 10. The van der Waals surface area contributed by atoms with Crippen LogP contribution < -0.4 is 14.8 Å². The van der Waals surface area contributed by atoms with Crippen LogP contribution in [-0.2, 0) is 35.0 Å². The lowest BCUT2D eigenvalue weighted by Gasteiger charge is -2.31. The third-order valence-corrected chi connectivity index (χ3v) is 6.86. The molecule has 242 valence electrons. The zero-order chi connectivity index (χ0) is 32.1. The van der Waals surface area contributed by atoms with Gasteiger partial charge in [0.05, 0.1) is 13.2 Å². The summed E-state index contributed by atoms with van der Waals surface area (Å²) in [6, 6.07) is 6.15. The number of aromatic nitrogens is 1. The predicted octanol–water partition coefficient (Wildman–Crippen LogP) is 3.87. The zero-order valence-corrected chi connectivity index (χ0v) is 24.8. The Morgan fingerprint density at radius 1 is 1.16 bits per heavy atom. The molecular weight excluding hydrogens is 589 g/mol. The fraction of sp³-hybridized carbons (Fsp3) is 0.533. The molecular formula is C30H37F3N2O9. The van der Waals surface area contributed by atoms with Crippen molar-refractivity contribution < 1.29 is 56.0 Å². The van der Waals surface area contributed by atoms with Gasteiger partial charge in [-0.2, -0.15) is 0 Å². The minimum Gasteiger partial charge on any atom is -0.493 e. The molecule has 14 heteroatoms. The standard InChI is InChI=1S/C30H37F3N2O9/c1-4-40-16-25(36)42-17-43-28-23(39-3)12-13-34-26(28)29(37)35-22-7-5-6-20(14-19-8-10-21(31)11-9-19)27(41-15-24(32)33)18(2)44-30(22)38/h8-13,18,20,22,24,27H,4-7,14-17H2,1-3H3,(H,35,37)/t18-,20+,22-,27-/m0/s1. The smallest absolute Gasteiger partial charge is 0.334 e. The maximum atomic E-state index is 13.5. The summed E-state index contributed by atoms with van der Waals surface area (Å²) in [5.74, 6) is -3.01. The van der Waals surface area contributed by atoms with Crippen molar-refractivity contribution in [1.82, 2.24) is 10.3 Å². The lowest BCUT2D eigenvalue weighted by molar-refractivity contribution is -0.163. The van der Waals surface area contributed by atoms with Gasteiger partial charge in [-0.15, -0.1) is 0 Å². The van der Waals surface area contributed by atoms with Crippen molar-refractivity contribution >= 4 is 17.8 Å². The van der Waals surface area contributed by atoms with Crippen LogP contribution >= 0.6 is 0 Å². The number of esters is 2. The Balaban J connectivity index is 1.75. The second-order valence-electron chi connectivity index (χ2n) is 9.99. The quantitative estimate of drug-likeness (QED) is 0.244. The molecule has 0 radical (unpaired) electrons. The molecule has 0 spiro atoms. The first kappa shape index (κ1) is 34.6. The van der Waals surface area contributed by atoms with E-state index in [0.717, 1.165) is 5.56 Å². The molecule has 4 atom stereocenters. The second-order valence-corrected chi connectivity index (χ2v) is 9.99. The van der Waals surface area contributed by atoms with Crippen LogP contribution in [0.4, 0.5) is 13.2 Å². The Morgan fingerprint density at radius 3 is 2.59 bits per heavy atom. The van der Waals surface area contributed by atoms with Crippen LogP contribution in [0.5, 0.6) is 11.5 Å². The van der Waals surface area contributed by atoms with Crippen molar-refractivity contribution in [3.8, 4) is 11.5 Å². The number of carbonyl (C=O) groups is 3. The first-order valence-electron chi connectivity index (χ1n) is 14.2. The number of rotatable bonds is 14. The predicted molar refractivity (Wildman–Crippen MR) is 149 cm³/mol. The van der Waals surface area contributed by atoms with Gasteiger partial charge in [0.1, 0.15) is 31.2 Å². The number of alkyl halides is 2. The van der Waals surface area contributed by atoms with E-state index < -0.39 is 61.7 Å². The topological polar surface area (TPSA) is 132 Å². The summed E-state index contributed by atoms with van der Waals surface area (Å²) < 4.78 is 71.5. The van der Waals surface area contributed by atoms with Gasteiger partial charge < -0.3 is 33.7 Å². The number of hydrogen-bond donors (Lipinski definition) is 1. The molecule has 11 nitrogen and oxygen atoms in total. The summed E-state index contributed by atoms with van der Waals surface area (Å²) in [6.45, 7) is 1.88. The molecule has 2 heterocycles. The largest absolute Gasteiger partial charge is 0.493 e. The molecule has 1 N–H and O–H groups in total. The van der Waals surface area contributed by atoms with Crippen LogP contribution in [0.25, 0.3) is 0 Å². The van der Waals surface area contributed by atoms with Gasteiger partial charge in [0.15, 0.2) is 17.2 Å². The van der Waals surface area contributed by atoms with Crippen LogP contribution in [-0.4, -0.2) is 81.2 Å². The summed E-state index contributed by atoms with van der Waals surface area (Å²) in [7, 11) is 1.34. The van der Waals surface area contributed by atoms with E-state index in [9.17, 15) is 27.6 Å². The second kappa shape index (κ2) is 17.4. The number of cyclic esters (lactones) is 1. The molecule has 1 aliphatic rings. The van der Waals surface area contributed by atoms with Crippen LogP contribution in [0.15, 0.2) is 36.5 Å². The molecule has 0 saturated carbocycles. The molecule has 1 aromatic heterocycles. The lowest BCUT2D eigenvalue weighted by Crippen LogP contribution is -2.45. The monoisotopic (exact) mass is 626 g/mol. The van der Waals surface area contributed by atoms with Crippen molar-refractivity contribution in [3.63, 3.8) is 0 Å². The fourth-order valence-electron chi connectivity index (χ4n) is 4.81. The molecule has 0 aliphatic carbocycles. The molecule has 3 rings (SSSR count). The van der Waals surface area contributed by atoms with Gasteiger partial charge in [-0.25, -0.2) is 27.7 Å². The Morgan fingerprint density at radius 2 is 1.91 bits per heavy atom. The number of nitrogens with one attached hydrogen (secondary N) is 1. The van der Waals surface area contributed by atoms with Gasteiger partial charge in [0.2, 0.25) is 6.79 Å². The summed E-state index contributed by atoms with van der Waals surface area (Å²) >= 11 is 0. The van der Waals surface area contributed by atoms with Crippen LogP contribution in [0.3, 0.4) is 0 Å².